The molecule has 1 aliphatic rings. The molecule has 1 fully saturated rings. The first-order valence-corrected chi connectivity index (χ1v) is 9.37. The summed E-state index contributed by atoms with van der Waals surface area (Å²) in [5.74, 6) is 0.206. The average Bonchev–Trinajstić information content (AvgIpc) is 2.89. The fraction of sp³-hybridized carbons (Fsp3) is 0.600. The van der Waals surface area contributed by atoms with Crippen molar-refractivity contribution in [1.82, 2.24) is 19.7 Å². The zero-order chi connectivity index (χ0) is 19.3. The molecule has 6 nitrogen and oxygen atoms in total. The van der Waals surface area contributed by atoms with Crippen LogP contribution in [0.1, 0.15) is 41.6 Å². The lowest BCUT2D eigenvalue weighted by Gasteiger charge is -2.33. The molecule has 0 aliphatic carbocycles. The molecule has 2 rings (SSSR count). The number of rotatable bonds is 8. The van der Waals surface area contributed by atoms with Gasteiger partial charge in [-0.15, -0.1) is 6.58 Å². The molecule has 1 aromatic rings. The molecule has 0 aromatic carbocycles. The van der Waals surface area contributed by atoms with E-state index in [-0.39, 0.29) is 11.7 Å². The van der Waals surface area contributed by atoms with E-state index in [2.05, 4.69) is 47.0 Å². The van der Waals surface area contributed by atoms with Gasteiger partial charge in [0.25, 0.3) is 0 Å². The second kappa shape index (κ2) is 9.14. The summed E-state index contributed by atoms with van der Waals surface area (Å²) in [6.45, 7) is 16.5. The van der Waals surface area contributed by atoms with Gasteiger partial charge in [0.05, 0.1) is 13.1 Å². The SMILES string of the molecule is C=CCNC(=O)CN1CCN(CC(=O)c2cc(C)n(C(C)C)c2C)CC1. The first-order chi connectivity index (χ1) is 12.3. The third-order valence-electron chi connectivity index (χ3n) is 4.94. The molecule has 0 bridgehead atoms. The Morgan fingerprint density at radius 1 is 1.15 bits per heavy atom. The Bertz CT molecular complexity index is 655. The summed E-state index contributed by atoms with van der Waals surface area (Å²) in [7, 11) is 0. The number of carbonyl (C=O) groups excluding carboxylic acids is 2. The smallest absolute Gasteiger partial charge is 0.234 e. The highest BCUT2D eigenvalue weighted by molar-refractivity contribution is 5.99. The monoisotopic (exact) mass is 360 g/mol. The van der Waals surface area contributed by atoms with E-state index < -0.39 is 0 Å². The molecule has 0 atom stereocenters. The van der Waals surface area contributed by atoms with Crippen LogP contribution in [-0.4, -0.2) is 71.9 Å². The third kappa shape index (κ3) is 5.05. The van der Waals surface area contributed by atoms with Crippen molar-refractivity contribution >= 4 is 11.7 Å². The quantitative estimate of drug-likeness (QED) is 0.567. The predicted molar refractivity (Wildman–Crippen MR) is 105 cm³/mol. The molecule has 0 saturated carbocycles. The van der Waals surface area contributed by atoms with Crippen LogP contribution in [0.3, 0.4) is 0 Å². The van der Waals surface area contributed by atoms with E-state index >= 15 is 0 Å². The van der Waals surface area contributed by atoms with Gasteiger partial charge in [-0.25, -0.2) is 0 Å². The van der Waals surface area contributed by atoms with Gasteiger partial charge >= 0.3 is 0 Å². The van der Waals surface area contributed by atoms with E-state index in [1.165, 1.54) is 0 Å². The number of amides is 1. The third-order valence-corrected chi connectivity index (χ3v) is 4.94. The van der Waals surface area contributed by atoms with Gasteiger partial charge in [-0.1, -0.05) is 6.08 Å². The first kappa shape index (κ1) is 20.4. The van der Waals surface area contributed by atoms with Crippen molar-refractivity contribution in [3.63, 3.8) is 0 Å². The number of hydrogen-bond donors (Lipinski definition) is 1. The number of nitrogens with one attached hydrogen (secondary N) is 1. The molecule has 1 aliphatic heterocycles. The molecule has 6 heteroatoms. The lowest BCUT2D eigenvalue weighted by molar-refractivity contribution is -0.122. The molecule has 1 N–H and O–H groups in total. The molecular weight excluding hydrogens is 328 g/mol. The lowest BCUT2D eigenvalue weighted by atomic mass is 10.1. The van der Waals surface area contributed by atoms with Gasteiger partial charge in [-0.3, -0.25) is 19.4 Å². The number of hydrogen-bond acceptors (Lipinski definition) is 4. The summed E-state index contributed by atoms with van der Waals surface area (Å²) < 4.78 is 2.22. The zero-order valence-corrected chi connectivity index (χ0v) is 16.5. The molecule has 2 heterocycles. The predicted octanol–water partition coefficient (Wildman–Crippen LogP) is 1.79. The van der Waals surface area contributed by atoms with Crippen molar-refractivity contribution in [1.29, 1.82) is 0 Å². The Hall–Kier alpha value is -1.92. The molecular formula is C20H32N4O2. The van der Waals surface area contributed by atoms with Crippen LogP contribution in [0.5, 0.6) is 0 Å². The maximum atomic E-state index is 12.8. The van der Waals surface area contributed by atoms with Crippen LogP contribution in [0.25, 0.3) is 0 Å². The van der Waals surface area contributed by atoms with Crippen LogP contribution in [0, 0.1) is 13.8 Å². The van der Waals surface area contributed by atoms with E-state index in [1.807, 2.05) is 13.0 Å². The maximum absolute atomic E-state index is 12.8. The number of nitrogens with zero attached hydrogens (tertiary/aromatic N) is 3. The summed E-state index contributed by atoms with van der Waals surface area (Å²) in [5.41, 5.74) is 3.03. The molecule has 0 radical (unpaired) electrons. The highest BCUT2D eigenvalue weighted by atomic mass is 16.2. The number of aromatic nitrogens is 1. The van der Waals surface area contributed by atoms with E-state index in [9.17, 15) is 9.59 Å². The summed E-state index contributed by atoms with van der Waals surface area (Å²) in [4.78, 5) is 28.8. The minimum atomic E-state index is 0.0237. The van der Waals surface area contributed by atoms with Crippen LogP contribution in [0.2, 0.25) is 0 Å². The number of ketones is 1. The Morgan fingerprint density at radius 2 is 1.73 bits per heavy atom. The molecule has 0 unspecified atom stereocenters. The maximum Gasteiger partial charge on any atom is 0.234 e. The normalized spacial score (nSPS) is 16.0. The van der Waals surface area contributed by atoms with Crippen molar-refractivity contribution in [2.24, 2.45) is 0 Å². The van der Waals surface area contributed by atoms with Gasteiger partial charge in [-0.2, -0.15) is 0 Å². The molecule has 0 spiro atoms. The molecule has 26 heavy (non-hydrogen) atoms. The van der Waals surface area contributed by atoms with Crippen molar-refractivity contribution < 1.29 is 9.59 Å². The highest BCUT2D eigenvalue weighted by Crippen LogP contribution is 2.21. The van der Waals surface area contributed by atoms with Gasteiger partial charge in [0.15, 0.2) is 5.78 Å². The Kier molecular flexibility index (Phi) is 7.17. The summed E-state index contributed by atoms with van der Waals surface area (Å²) >= 11 is 0. The molecule has 1 saturated heterocycles. The van der Waals surface area contributed by atoms with E-state index in [1.54, 1.807) is 6.08 Å². The van der Waals surface area contributed by atoms with Crippen molar-refractivity contribution in [2.45, 2.75) is 33.7 Å². The fourth-order valence-electron chi connectivity index (χ4n) is 3.69. The second-order valence-electron chi connectivity index (χ2n) is 7.32. The van der Waals surface area contributed by atoms with E-state index in [0.717, 1.165) is 43.1 Å². The van der Waals surface area contributed by atoms with Gasteiger partial charge in [0.1, 0.15) is 0 Å². The minimum Gasteiger partial charge on any atom is -0.352 e. The summed E-state index contributed by atoms with van der Waals surface area (Å²) in [6.07, 6.45) is 1.68. The van der Waals surface area contributed by atoms with Crippen LogP contribution in [-0.2, 0) is 4.79 Å². The zero-order valence-electron chi connectivity index (χ0n) is 16.5. The first-order valence-electron chi connectivity index (χ1n) is 9.37. The van der Waals surface area contributed by atoms with Gasteiger partial charge in [0, 0.05) is 55.7 Å². The number of aryl methyl sites for hydroxylation is 1. The topological polar surface area (TPSA) is 57.6 Å². The van der Waals surface area contributed by atoms with Gasteiger partial charge in [-0.05, 0) is 33.8 Å². The second-order valence-corrected chi connectivity index (χ2v) is 7.32. The van der Waals surface area contributed by atoms with Gasteiger partial charge in [0.2, 0.25) is 5.91 Å². The van der Waals surface area contributed by atoms with Crippen LogP contribution in [0.4, 0.5) is 0 Å². The largest absolute Gasteiger partial charge is 0.352 e. The summed E-state index contributed by atoms with van der Waals surface area (Å²) in [6, 6.07) is 2.37. The number of Topliss-reactive ketones (excluding diaryl/α,β-unsaturated/α-hetero) is 1. The Balaban J connectivity index is 1.86. The van der Waals surface area contributed by atoms with E-state index in [4.69, 9.17) is 0 Å². The van der Waals surface area contributed by atoms with Crippen molar-refractivity contribution in [3.05, 3.63) is 35.7 Å². The van der Waals surface area contributed by atoms with Crippen molar-refractivity contribution in [3.8, 4) is 0 Å². The number of piperazine rings is 1. The fourth-order valence-corrected chi connectivity index (χ4v) is 3.69. The van der Waals surface area contributed by atoms with E-state index in [0.29, 0.717) is 25.7 Å². The molecule has 144 valence electrons. The minimum absolute atomic E-state index is 0.0237. The highest BCUT2D eigenvalue weighted by Gasteiger charge is 2.23. The standard InChI is InChI=1S/C20H32N4O2/c1-6-7-21-20(26)14-23-10-8-22(9-11-23)13-19(25)18-12-16(4)24(15(2)3)17(18)5/h6,12,15H,1,7-11,13-14H2,2-5H3,(H,21,26). The van der Waals surface area contributed by atoms with Crippen LogP contribution in [0.15, 0.2) is 18.7 Å². The Labute approximate surface area is 156 Å². The van der Waals surface area contributed by atoms with Crippen LogP contribution >= 0.6 is 0 Å². The lowest BCUT2D eigenvalue weighted by Crippen LogP contribution is -2.50. The van der Waals surface area contributed by atoms with Gasteiger partial charge < -0.3 is 9.88 Å². The Morgan fingerprint density at radius 3 is 2.23 bits per heavy atom. The number of carbonyl (C=O) groups is 2. The van der Waals surface area contributed by atoms with Crippen molar-refractivity contribution in [2.75, 3.05) is 45.8 Å². The average molecular weight is 361 g/mol. The van der Waals surface area contributed by atoms with Crippen LogP contribution < -0.4 is 5.32 Å². The molecule has 1 aromatic heterocycles. The molecule has 1 amide bonds. The summed E-state index contributed by atoms with van der Waals surface area (Å²) in [5, 5.41) is 2.80.